The van der Waals surface area contributed by atoms with E-state index in [1.807, 2.05) is 13.8 Å². The molecule has 4 nitrogen and oxygen atoms in total. The number of piperazine rings is 1. The van der Waals surface area contributed by atoms with Crippen LogP contribution in [0.15, 0.2) is 18.2 Å². The third-order valence-electron chi connectivity index (χ3n) is 3.53. The summed E-state index contributed by atoms with van der Waals surface area (Å²) in [5.74, 6) is -2.07. The Morgan fingerprint density at radius 3 is 2.14 bits per heavy atom. The van der Waals surface area contributed by atoms with Crippen molar-refractivity contribution >= 4 is 11.8 Å². The zero-order valence-electron chi connectivity index (χ0n) is 12.1. The lowest BCUT2D eigenvalue weighted by Crippen LogP contribution is -2.51. The summed E-state index contributed by atoms with van der Waals surface area (Å²) < 4.78 is 26.5. The van der Waals surface area contributed by atoms with Gasteiger partial charge in [-0.25, -0.2) is 8.78 Å². The highest BCUT2D eigenvalue weighted by molar-refractivity contribution is 5.94. The number of benzene rings is 1. The minimum absolute atomic E-state index is 0.0510. The SMILES string of the molecule is CC(C)C(=O)N1CCN(C(=O)c2ccc(F)cc2F)CC1. The molecule has 0 radical (unpaired) electrons. The van der Waals surface area contributed by atoms with Crippen molar-refractivity contribution in [3.63, 3.8) is 0 Å². The highest BCUT2D eigenvalue weighted by Gasteiger charge is 2.27. The van der Waals surface area contributed by atoms with Crippen LogP contribution in [0, 0.1) is 17.6 Å². The van der Waals surface area contributed by atoms with E-state index >= 15 is 0 Å². The lowest BCUT2D eigenvalue weighted by Gasteiger charge is -2.35. The van der Waals surface area contributed by atoms with Crippen LogP contribution in [0.5, 0.6) is 0 Å². The quantitative estimate of drug-likeness (QED) is 0.836. The average molecular weight is 296 g/mol. The fraction of sp³-hybridized carbons (Fsp3) is 0.467. The summed E-state index contributed by atoms with van der Waals surface area (Å²) in [6.45, 7) is 5.24. The third kappa shape index (κ3) is 3.37. The Kier molecular flexibility index (Phi) is 4.55. The van der Waals surface area contributed by atoms with E-state index in [2.05, 4.69) is 0 Å². The maximum Gasteiger partial charge on any atom is 0.256 e. The largest absolute Gasteiger partial charge is 0.339 e. The van der Waals surface area contributed by atoms with Crippen molar-refractivity contribution in [1.29, 1.82) is 0 Å². The minimum Gasteiger partial charge on any atom is -0.339 e. The normalized spacial score (nSPS) is 15.5. The molecule has 1 heterocycles. The van der Waals surface area contributed by atoms with Crippen LogP contribution in [0.1, 0.15) is 24.2 Å². The fourth-order valence-corrected chi connectivity index (χ4v) is 2.33. The first-order valence-corrected chi connectivity index (χ1v) is 6.93. The maximum absolute atomic E-state index is 13.6. The van der Waals surface area contributed by atoms with Crippen molar-refractivity contribution < 1.29 is 18.4 Å². The molecule has 1 aromatic rings. The summed E-state index contributed by atoms with van der Waals surface area (Å²) in [6, 6.07) is 2.92. The minimum atomic E-state index is -0.860. The topological polar surface area (TPSA) is 40.6 Å². The van der Waals surface area contributed by atoms with Gasteiger partial charge >= 0.3 is 0 Å². The van der Waals surface area contributed by atoms with E-state index in [-0.39, 0.29) is 17.4 Å². The van der Waals surface area contributed by atoms with E-state index < -0.39 is 17.5 Å². The molecule has 1 aromatic carbocycles. The molecule has 1 aliphatic rings. The van der Waals surface area contributed by atoms with E-state index in [1.54, 1.807) is 4.90 Å². The average Bonchev–Trinajstić information content (AvgIpc) is 2.46. The van der Waals surface area contributed by atoms with Crippen LogP contribution in [-0.4, -0.2) is 47.8 Å². The van der Waals surface area contributed by atoms with Gasteiger partial charge in [-0.3, -0.25) is 9.59 Å². The van der Waals surface area contributed by atoms with Gasteiger partial charge < -0.3 is 9.80 Å². The van der Waals surface area contributed by atoms with Gasteiger partial charge in [-0.1, -0.05) is 13.8 Å². The van der Waals surface area contributed by atoms with Gasteiger partial charge in [0.05, 0.1) is 5.56 Å². The molecule has 0 atom stereocenters. The van der Waals surface area contributed by atoms with Gasteiger partial charge in [0.1, 0.15) is 11.6 Å². The molecule has 2 rings (SSSR count). The molecule has 6 heteroatoms. The summed E-state index contributed by atoms with van der Waals surface area (Å²) in [5.41, 5.74) is -0.139. The summed E-state index contributed by atoms with van der Waals surface area (Å²) in [4.78, 5) is 27.2. The Balaban J connectivity index is 2.02. The number of hydrogen-bond acceptors (Lipinski definition) is 2. The Hall–Kier alpha value is -1.98. The molecule has 1 fully saturated rings. The molecule has 0 saturated carbocycles. The molecule has 0 unspecified atom stereocenters. The first kappa shape index (κ1) is 15.4. The van der Waals surface area contributed by atoms with Crippen LogP contribution in [0.3, 0.4) is 0 Å². The summed E-state index contributed by atoms with van der Waals surface area (Å²) in [5, 5.41) is 0. The molecule has 1 saturated heterocycles. The molecule has 1 aliphatic heterocycles. The lowest BCUT2D eigenvalue weighted by molar-refractivity contribution is -0.135. The highest BCUT2D eigenvalue weighted by Crippen LogP contribution is 2.14. The fourth-order valence-electron chi connectivity index (χ4n) is 2.33. The predicted molar refractivity (Wildman–Crippen MR) is 73.7 cm³/mol. The van der Waals surface area contributed by atoms with Crippen molar-refractivity contribution in [3.05, 3.63) is 35.4 Å². The van der Waals surface area contributed by atoms with Crippen molar-refractivity contribution in [3.8, 4) is 0 Å². The molecule has 0 N–H and O–H groups in total. The van der Waals surface area contributed by atoms with E-state index in [1.165, 1.54) is 4.90 Å². The Morgan fingerprint density at radius 1 is 1.05 bits per heavy atom. The summed E-state index contributed by atoms with van der Waals surface area (Å²) in [6.07, 6.45) is 0. The highest BCUT2D eigenvalue weighted by atomic mass is 19.1. The maximum atomic E-state index is 13.6. The summed E-state index contributed by atoms with van der Waals surface area (Å²) in [7, 11) is 0. The molecular weight excluding hydrogens is 278 g/mol. The second-order valence-electron chi connectivity index (χ2n) is 5.40. The van der Waals surface area contributed by atoms with Crippen LogP contribution >= 0.6 is 0 Å². The number of amides is 2. The number of carbonyl (C=O) groups is 2. The van der Waals surface area contributed by atoms with Crippen LogP contribution in [0.4, 0.5) is 8.78 Å². The molecule has 21 heavy (non-hydrogen) atoms. The van der Waals surface area contributed by atoms with E-state index in [4.69, 9.17) is 0 Å². The third-order valence-corrected chi connectivity index (χ3v) is 3.53. The lowest BCUT2D eigenvalue weighted by atomic mass is 10.1. The van der Waals surface area contributed by atoms with E-state index in [9.17, 15) is 18.4 Å². The van der Waals surface area contributed by atoms with Gasteiger partial charge in [-0.05, 0) is 12.1 Å². The predicted octanol–water partition coefficient (Wildman–Crippen LogP) is 1.91. The van der Waals surface area contributed by atoms with Crippen molar-refractivity contribution in [2.45, 2.75) is 13.8 Å². The number of rotatable bonds is 2. The Bertz CT molecular complexity index is 553. The first-order chi connectivity index (χ1) is 9.90. The number of halogens is 2. The second kappa shape index (κ2) is 6.20. The molecule has 0 bridgehead atoms. The van der Waals surface area contributed by atoms with Crippen LogP contribution in [0.2, 0.25) is 0 Å². The number of nitrogens with zero attached hydrogens (tertiary/aromatic N) is 2. The Labute approximate surface area is 122 Å². The van der Waals surface area contributed by atoms with Gasteiger partial charge in [-0.15, -0.1) is 0 Å². The molecule has 2 amide bonds. The van der Waals surface area contributed by atoms with Gasteiger partial charge in [0.25, 0.3) is 5.91 Å². The number of carbonyl (C=O) groups excluding carboxylic acids is 2. The smallest absolute Gasteiger partial charge is 0.256 e. The van der Waals surface area contributed by atoms with Crippen molar-refractivity contribution in [2.24, 2.45) is 5.92 Å². The molecule has 0 aliphatic carbocycles. The van der Waals surface area contributed by atoms with E-state index in [0.717, 1.165) is 12.1 Å². The van der Waals surface area contributed by atoms with Gasteiger partial charge in [0.15, 0.2) is 0 Å². The second-order valence-corrected chi connectivity index (χ2v) is 5.40. The van der Waals surface area contributed by atoms with Gasteiger partial charge in [-0.2, -0.15) is 0 Å². The van der Waals surface area contributed by atoms with Crippen LogP contribution in [-0.2, 0) is 4.79 Å². The first-order valence-electron chi connectivity index (χ1n) is 6.93. The zero-order chi connectivity index (χ0) is 15.6. The monoisotopic (exact) mass is 296 g/mol. The van der Waals surface area contributed by atoms with Crippen molar-refractivity contribution in [2.75, 3.05) is 26.2 Å². The van der Waals surface area contributed by atoms with Gasteiger partial charge in [0.2, 0.25) is 5.91 Å². The van der Waals surface area contributed by atoms with Crippen LogP contribution < -0.4 is 0 Å². The van der Waals surface area contributed by atoms with E-state index in [0.29, 0.717) is 32.2 Å². The molecule has 0 spiro atoms. The van der Waals surface area contributed by atoms with Crippen LogP contribution in [0.25, 0.3) is 0 Å². The zero-order valence-corrected chi connectivity index (χ0v) is 12.1. The number of hydrogen-bond donors (Lipinski definition) is 0. The standard InChI is InChI=1S/C15H18F2N2O2/c1-10(2)14(20)18-5-7-19(8-6-18)15(21)12-4-3-11(16)9-13(12)17/h3-4,9-10H,5-8H2,1-2H3. The van der Waals surface area contributed by atoms with Crippen molar-refractivity contribution in [1.82, 2.24) is 9.80 Å². The van der Waals surface area contributed by atoms with Gasteiger partial charge in [0, 0.05) is 38.2 Å². The molecule has 114 valence electrons. The molecular formula is C15H18F2N2O2. The Morgan fingerprint density at radius 2 is 1.62 bits per heavy atom. The summed E-state index contributed by atoms with van der Waals surface area (Å²) >= 11 is 0. The molecule has 0 aromatic heterocycles.